The molecule has 1 amide bonds. The molecule has 2 aliphatic rings. The van der Waals surface area contributed by atoms with E-state index >= 15 is 0 Å². The van der Waals surface area contributed by atoms with Gasteiger partial charge in [-0.2, -0.15) is 0 Å². The Labute approximate surface area is 186 Å². The lowest BCUT2D eigenvalue weighted by atomic mass is 10.1. The molecule has 0 radical (unpaired) electrons. The molecule has 3 N–H and O–H groups in total. The molecule has 172 valence electrons. The van der Waals surface area contributed by atoms with E-state index in [1.54, 1.807) is 4.90 Å². The van der Waals surface area contributed by atoms with Crippen LogP contribution in [-0.4, -0.2) is 85.7 Å². The van der Waals surface area contributed by atoms with Crippen molar-refractivity contribution in [1.82, 2.24) is 20.0 Å². The third-order valence-corrected chi connectivity index (χ3v) is 6.05. The van der Waals surface area contributed by atoms with Crippen LogP contribution >= 0.6 is 0 Å². The molecule has 0 aliphatic carbocycles. The monoisotopic (exact) mass is 430 g/mol. The molecule has 2 saturated heterocycles. The Morgan fingerprint density at radius 2 is 1.81 bits per heavy atom. The van der Waals surface area contributed by atoms with Crippen molar-refractivity contribution < 1.29 is 9.53 Å². The normalized spacial score (nSPS) is 19.8. The molecule has 2 heterocycles. The molecule has 0 spiro atoms. The Morgan fingerprint density at radius 3 is 2.52 bits per heavy atom. The molecule has 1 aromatic rings. The predicted molar refractivity (Wildman–Crippen MR) is 124 cm³/mol. The molecule has 0 saturated carbocycles. The van der Waals surface area contributed by atoms with E-state index in [1.807, 2.05) is 6.92 Å². The smallest absolute Gasteiger partial charge is 0.409 e. The standard InChI is InChI=1S/C23H38N6O2/c1-3-31-23(30)29-13-9-21(10-14-29)26-22(24)25-17-19-5-7-20(8-6-19)18-28-12-4-11-27(2)15-16-28/h5-8,21H,3-4,9-18H2,1-2H3,(H3,24,25,26). The largest absolute Gasteiger partial charge is 0.450 e. The first kappa shape index (κ1) is 23.3. The first-order chi connectivity index (χ1) is 15.0. The molecule has 1 aromatic carbocycles. The van der Waals surface area contributed by atoms with Crippen LogP contribution in [0.1, 0.15) is 37.3 Å². The highest BCUT2D eigenvalue weighted by Crippen LogP contribution is 2.13. The number of nitrogens with one attached hydrogen (secondary N) is 1. The number of guanidine groups is 1. The Morgan fingerprint density at radius 1 is 1.10 bits per heavy atom. The third kappa shape index (κ3) is 7.70. The molecule has 2 fully saturated rings. The molecule has 8 heteroatoms. The van der Waals surface area contributed by atoms with Crippen molar-refractivity contribution >= 4 is 12.1 Å². The van der Waals surface area contributed by atoms with E-state index in [0.717, 1.165) is 44.6 Å². The van der Waals surface area contributed by atoms with Crippen LogP contribution in [0.25, 0.3) is 0 Å². The number of aliphatic imine (C=N–C) groups is 1. The van der Waals surface area contributed by atoms with Crippen molar-refractivity contribution in [2.24, 2.45) is 10.7 Å². The second kappa shape index (κ2) is 11.9. The lowest BCUT2D eigenvalue weighted by molar-refractivity contribution is 0.0963. The topological polar surface area (TPSA) is 86.4 Å². The number of ether oxygens (including phenoxy) is 1. The van der Waals surface area contributed by atoms with Crippen LogP contribution in [0.4, 0.5) is 4.79 Å². The van der Waals surface area contributed by atoms with Gasteiger partial charge in [-0.25, -0.2) is 9.79 Å². The van der Waals surface area contributed by atoms with Gasteiger partial charge in [-0.05, 0) is 57.5 Å². The van der Waals surface area contributed by atoms with Gasteiger partial charge in [0.2, 0.25) is 0 Å². The lowest BCUT2D eigenvalue weighted by Crippen LogP contribution is -2.48. The summed E-state index contributed by atoms with van der Waals surface area (Å²) in [6.45, 7) is 9.78. The van der Waals surface area contributed by atoms with Crippen molar-refractivity contribution in [3.05, 3.63) is 35.4 Å². The molecule has 0 bridgehead atoms. The minimum Gasteiger partial charge on any atom is -0.450 e. The summed E-state index contributed by atoms with van der Waals surface area (Å²) < 4.78 is 5.06. The molecule has 2 aliphatic heterocycles. The van der Waals surface area contributed by atoms with Gasteiger partial charge in [-0.1, -0.05) is 24.3 Å². The number of nitrogens with zero attached hydrogens (tertiary/aromatic N) is 4. The zero-order valence-electron chi connectivity index (χ0n) is 19.1. The van der Waals surface area contributed by atoms with E-state index in [9.17, 15) is 4.79 Å². The number of likely N-dealkylation sites (N-methyl/N-ethyl adjacent to an activating group) is 1. The number of piperidine rings is 1. The van der Waals surface area contributed by atoms with Crippen LogP contribution in [0.15, 0.2) is 29.3 Å². The number of amides is 1. The van der Waals surface area contributed by atoms with E-state index < -0.39 is 0 Å². The quantitative estimate of drug-likeness (QED) is 0.529. The summed E-state index contributed by atoms with van der Waals surface area (Å²) in [5, 5.41) is 3.29. The summed E-state index contributed by atoms with van der Waals surface area (Å²) in [5.41, 5.74) is 8.60. The van der Waals surface area contributed by atoms with Gasteiger partial charge < -0.3 is 25.6 Å². The van der Waals surface area contributed by atoms with Crippen molar-refractivity contribution in [3.63, 3.8) is 0 Å². The van der Waals surface area contributed by atoms with E-state index in [-0.39, 0.29) is 12.1 Å². The number of rotatable bonds is 6. The van der Waals surface area contributed by atoms with Crippen LogP contribution in [0.3, 0.4) is 0 Å². The molecule has 3 rings (SSSR count). The highest BCUT2D eigenvalue weighted by atomic mass is 16.6. The summed E-state index contributed by atoms with van der Waals surface area (Å²) in [5.74, 6) is 0.465. The van der Waals surface area contributed by atoms with Crippen LogP contribution < -0.4 is 11.1 Å². The molecule has 8 nitrogen and oxygen atoms in total. The van der Waals surface area contributed by atoms with Crippen LogP contribution in [0.5, 0.6) is 0 Å². The minimum absolute atomic E-state index is 0.228. The van der Waals surface area contributed by atoms with Gasteiger partial charge in [0, 0.05) is 38.8 Å². The van der Waals surface area contributed by atoms with Gasteiger partial charge in [-0.3, -0.25) is 4.90 Å². The molecular formula is C23H38N6O2. The minimum atomic E-state index is -0.228. The predicted octanol–water partition coefficient (Wildman–Crippen LogP) is 1.85. The van der Waals surface area contributed by atoms with Gasteiger partial charge in [0.1, 0.15) is 0 Å². The Bertz CT molecular complexity index is 715. The molecular weight excluding hydrogens is 392 g/mol. The van der Waals surface area contributed by atoms with Gasteiger partial charge >= 0.3 is 6.09 Å². The summed E-state index contributed by atoms with van der Waals surface area (Å²) >= 11 is 0. The fraction of sp³-hybridized carbons (Fsp3) is 0.652. The highest BCUT2D eigenvalue weighted by molar-refractivity contribution is 5.78. The number of hydrogen-bond donors (Lipinski definition) is 2. The fourth-order valence-electron chi connectivity index (χ4n) is 4.12. The van der Waals surface area contributed by atoms with Gasteiger partial charge in [0.15, 0.2) is 5.96 Å². The van der Waals surface area contributed by atoms with E-state index in [2.05, 4.69) is 51.4 Å². The highest BCUT2D eigenvalue weighted by Gasteiger charge is 2.23. The van der Waals surface area contributed by atoms with Crippen LogP contribution in [0, 0.1) is 0 Å². The number of nitrogens with two attached hydrogens (primary N) is 1. The van der Waals surface area contributed by atoms with Crippen molar-refractivity contribution in [2.45, 2.75) is 45.3 Å². The van der Waals surface area contributed by atoms with Gasteiger partial charge in [0.05, 0.1) is 13.2 Å². The van der Waals surface area contributed by atoms with Crippen molar-refractivity contribution in [1.29, 1.82) is 0 Å². The summed E-state index contributed by atoms with van der Waals surface area (Å²) in [4.78, 5) is 23.0. The molecule has 0 atom stereocenters. The number of carbonyl (C=O) groups excluding carboxylic acids is 1. The second-order valence-electron chi connectivity index (χ2n) is 8.56. The van der Waals surface area contributed by atoms with Gasteiger partial charge in [-0.15, -0.1) is 0 Å². The average Bonchev–Trinajstić information content (AvgIpc) is 2.98. The maximum atomic E-state index is 11.8. The maximum absolute atomic E-state index is 11.8. The van der Waals surface area contributed by atoms with Crippen LogP contribution in [-0.2, 0) is 17.8 Å². The molecule has 0 aromatic heterocycles. The first-order valence-electron chi connectivity index (χ1n) is 11.5. The first-order valence-corrected chi connectivity index (χ1v) is 11.5. The fourth-order valence-corrected chi connectivity index (χ4v) is 4.12. The maximum Gasteiger partial charge on any atom is 0.409 e. The number of hydrogen-bond acceptors (Lipinski definition) is 5. The zero-order chi connectivity index (χ0) is 22.1. The van der Waals surface area contributed by atoms with Gasteiger partial charge in [0.25, 0.3) is 0 Å². The summed E-state index contributed by atoms with van der Waals surface area (Å²) in [7, 11) is 2.20. The average molecular weight is 431 g/mol. The lowest BCUT2D eigenvalue weighted by Gasteiger charge is -2.31. The Kier molecular flexibility index (Phi) is 8.97. The third-order valence-electron chi connectivity index (χ3n) is 6.05. The number of likely N-dealkylation sites (tertiary alicyclic amines) is 1. The zero-order valence-corrected chi connectivity index (χ0v) is 19.1. The van der Waals surface area contributed by atoms with E-state index in [4.69, 9.17) is 10.5 Å². The summed E-state index contributed by atoms with van der Waals surface area (Å²) in [6.07, 6.45) is 2.69. The number of benzene rings is 1. The Hall–Kier alpha value is -2.32. The van der Waals surface area contributed by atoms with Crippen molar-refractivity contribution in [3.8, 4) is 0 Å². The van der Waals surface area contributed by atoms with Crippen molar-refractivity contribution in [2.75, 3.05) is 52.9 Å². The van der Waals surface area contributed by atoms with E-state index in [1.165, 1.54) is 18.5 Å². The molecule has 31 heavy (non-hydrogen) atoms. The SMILES string of the molecule is CCOC(=O)N1CCC(NC(N)=NCc2ccc(CN3CCCN(C)CC3)cc2)CC1. The number of carbonyl (C=O) groups is 1. The molecule has 0 unspecified atom stereocenters. The summed E-state index contributed by atoms with van der Waals surface area (Å²) in [6, 6.07) is 8.94. The van der Waals surface area contributed by atoms with E-state index in [0.29, 0.717) is 32.2 Å². The van der Waals surface area contributed by atoms with Crippen LogP contribution in [0.2, 0.25) is 0 Å². The second-order valence-corrected chi connectivity index (χ2v) is 8.56. The Balaban J connectivity index is 1.40.